The van der Waals surface area contributed by atoms with E-state index in [1.165, 1.54) is 77.1 Å². The van der Waals surface area contributed by atoms with Crippen molar-refractivity contribution in [2.75, 3.05) is 0 Å². The van der Waals surface area contributed by atoms with E-state index in [4.69, 9.17) is 4.98 Å². The fourth-order valence-corrected chi connectivity index (χ4v) is 10.1. The van der Waals surface area contributed by atoms with Gasteiger partial charge in [0.25, 0.3) is 0 Å². The molecule has 0 saturated carbocycles. The van der Waals surface area contributed by atoms with Gasteiger partial charge in [0.2, 0.25) is 0 Å². The molecule has 1 aliphatic carbocycles. The van der Waals surface area contributed by atoms with E-state index in [0.717, 1.165) is 28.2 Å². The van der Waals surface area contributed by atoms with Crippen molar-refractivity contribution in [1.29, 1.82) is 0 Å². The molecule has 4 heteroatoms. The number of rotatable bonds is 2. The highest BCUT2D eigenvalue weighted by atomic mass is 15.1. The zero-order valence-electron chi connectivity index (χ0n) is 29.1. The van der Waals surface area contributed by atoms with Gasteiger partial charge in [-0.3, -0.25) is 4.57 Å². The molecule has 8 aromatic carbocycles. The molecule has 0 saturated heterocycles. The van der Waals surface area contributed by atoms with Gasteiger partial charge < -0.3 is 9.13 Å². The predicted octanol–water partition coefficient (Wildman–Crippen LogP) is 11.9. The summed E-state index contributed by atoms with van der Waals surface area (Å²) in [5.41, 5.74) is 16.2. The maximum absolute atomic E-state index is 5.48. The van der Waals surface area contributed by atoms with E-state index in [2.05, 4.69) is 196 Å². The van der Waals surface area contributed by atoms with Gasteiger partial charge in [-0.1, -0.05) is 115 Å². The molecule has 0 bridgehead atoms. The maximum atomic E-state index is 5.48. The molecule has 1 unspecified atom stereocenters. The summed E-state index contributed by atoms with van der Waals surface area (Å²) in [4.78, 5) is 5.48. The van der Waals surface area contributed by atoms with Crippen molar-refractivity contribution in [2.24, 2.45) is 0 Å². The molecular formula is C50H30N4. The van der Waals surface area contributed by atoms with Crippen LogP contribution < -0.4 is 0 Å². The highest BCUT2D eigenvalue weighted by Crippen LogP contribution is 2.60. The van der Waals surface area contributed by atoms with Crippen molar-refractivity contribution in [1.82, 2.24) is 18.7 Å². The first kappa shape index (κ1) is 28.4. The average Bonchev–Trinajstić information content (AvgIpc) is 4.00. The highest BCUT2D eigenvalue weighted by Gasteiger charge is 2.54. The van der Waals surface area contributed by atoms with Crippen LogP contribution >= 0.6 is 0 Å². The Morgan fingerprint density at radius 2 is 0.944 bits per heavy atom. The molecule has 0 N–H and O–H groups in total. The summed E-state index contributed by atoms with van der Waals surface area (Å²) in [6.07, 6.45) is 0. The second-order valence-corrected chi connectivity index (χ2v) is 14.7. The van der Waals surface area contributed by atoms with Crippen molar-refractivity contribution in [3.8, 4) is 28.2 Å². The number of imidazole rings is 1. The Bertz CT molecular complexity index is 3400. The van der Waals surface area contributed by atoms with E-state index in [0.29, 0.717) is 0 Å². The SMILES string of the molecule is c1ccc(-n2c3ccccc3c3cc4c5ccccc5n(-c5ccc6c(c5)C5(c7ccccc7-6)c6ccccc6-n6c5nc5ccccc56)c4cc32)cc1. The van der Waals surface area contributed by atoms with Crippen molar-refractivity contribution in [2.45, 2.75) is 5.41 Å². The lowest BCUT2D eigenvalue weighted by Gasteiger charge is -2.27. The summed E-state index contributed by atoms with van der Waals surface area (Å²) in [6, 6.07) is 66.8. The van der Waals surface area contributed by atoms with Crippen molar-refractivity contribution >= 4 is 54.6 Å². The first-order valence-corrected chi connectivity index (χ1v) is 18.6. The molecule has 4 nitrogen and oxygen atoms in total. The van der Waals surface area contributed by atoms with Crippen LogP contribution in [0.15, 0.2) is 182 Å². The zero-order chi connectivity index (χ0) is 35.1. The molecule has 4 heterocycles. The number of nitrogens with zero attached hydrogens (tertiary/aromatic N) is 4. The summed E-state index contributed by atoms with van der Waals surface area (Å²) in [5.74, 6) is 1.06. The van der Waals surface area contributed by atoms with Crippen LogP contribution in [-0.2, 0) is 5.41 Å². The van der Waals surface area contributed by atoms with Gasteiger partial charge in [0.05, 0.1) is 38.8 Å². The Balaban J connectivity index is 1.15. The molecule has 13 rings (SSSR count). The van der Waals surface area contributed by atoms with Crippen LogP contribution in [0, 0.1) is 0 Å². The molecule has 1 atom stereocenters. The number of hydrogen-bond donors (Lipinski definition) is 0. The summed E-state index contributed by atoms with van der Waals surface area (Å²) < 4.78 is 7.31. The average molecular weight is 687 g/mol. The molecule has 1 spiro atoms. The molecule has 0 fully saturated rings. The summed E-state index contributed by atoms with van der Waals surface area (Å²) in [6.45, 7) is 0. The van der Waals surface area contributed by atoms with Gasteiger partial charge in [-0.25, -0.2) is 4.98 Å². The van der Waals surface area contributed by atoms with Gasteiger partial charge in [-0.15, -0.1) is 0 Å². The number of aromatic nitrogens is 4. The number of para-hydroxylation sites is 6. The minimum absolute atomic E-state index is 0.566. The third-order valence-electron chi connectivity index (χ3n) is 12.2. The van der Waals surface area contributed by atoms with Gasteiger partial charge in [0.15, 0.2) is 0 Å². The lowest BCUT2D eigenvalue weighted by Crippen LogP contribution is -2.27. The van der Waals surface area contributed by atoms with Crippen molar-refractivity contribution in [3.05, 3.63) is 205 Å². The van der Waals surface area contributed by atoms with Gasteiger partial charge in [0.1, 0.15) is 11.2 Å². The van der Waals surface area contributed by atoms with Crippen LogP contribution in [0.1, 0.15) is 22.5 Å². The molecule has 3 aromatic heterocycles. The van der Waals surface area contributed by atoms with Crippen LogP contribution in [0.5, 0.6) is 0 Å². The van der Waals surface area contributed by atoms with Crippen molar-refractivity contribution < 1.29 is 0 Å². The second kappa shape index (κ2) is 10.0. The fourth-order valence-electron chi connectivity index (χ4n) is 10.1. The monoisotopic (exact) mass is 686 g/mol. The fraction of sp³-hybridized carbons (Fsp3) is 0.0200. The summed E-state index contributed by atoms with van der Waals surface area (Å²) in [7, 11) is 0. The van der Waals surface area contributed by atoms with Crippen LogP contribution in [0.4, 0.5) is 0 Å². The van der Waals surface area contributed by atoms with Crippen LogP contribution in [0.3, 0.4) is 0 Å². The molecule has 11 aromatic rings. The van der Waals surface area contributed by atoms with E-state index in [1.807, 2.05) is 0 Å². The van der Waals surface area contributed by atoms with E-state index >= 15 is 0 Å². The second-order valence-electron chi connectivity index (χ2n) is 14.7. The molecule has 54 heavy (non-hydrogen) atoms. The third kappa shape index (κ3) is 3.33. The maximum Gasteiger partial charge on any atom is 0.134 e. The Kier molecular flexibility index (Phi) is 5.28. The molecule has 250 valence electrons. The Hall–Kier alpha value is -7.17. The van der Waals surface area contributed by atoms with E-state index < -0.39 is 5.41 Å². The van der Waals surface area contributed by atoms with Crippen LogP contribution in [0.25, 0.3) is 82.8 Å². The highest BCUT2D eigenvalue weighted by molar-refractivity contribution is 6.19. The topological polar surface area (TPSA) is 27.7 Å². The normalized spacial score (nSPS) is 15.5. The first-order valence-electron chi connectivity index (χ1n) is 18.6. The van der Waals surface area contributed by atoms with E-state index in [1.54, 1.807) is 0 Å². The van der Waals surface area contributed by atoms with Gasteiger partial charge >= 0.3 is 0 Å². The Labute approximate surface area is 310 Å². The summed E-state index contributed by atoms with van der Waals surface area (Å²) >= 11 is 0. The lowest BCUT2D eigenvalue weighted by molar-refractivity contribution is 0.737. The van der Waals surface area contributed by atoms with Crippen LogP contribution in [0.2, 0.25) is 0 Å². The standard InChI is InChI=1S/C50H30N4/c1-2-14-31(15-3-1)52-43-22-10-5-17-35(43)37-29-38-36-18-6-11-23-44(36)53(48(38)30-47(37)52)32-26-27-34-33-16-4-7-19-39(33)50(41(34)28-32)40-20-8-12-24-45(40)54-46-25-13-9-21-42(46)51-49(50)54/h1-30H. The Morgan fingerprint density at radius 1 is 0.352 bits per heavy atom. The number of benzene rings is 8. The third-order valence-corrected chi connectivity index (χ3v) is 12.2. The van der Waals surface area contributed by atoms with Crippen LogP contribution in [-0.4, -0.2) is 18.7 Å². The largest absolute Gasteiger partial charge is 0.309 e. The molecule has 2 aliphatic rings. The van der Waals surface area contributed by atoms with E-state index in [9.17, 15) is 0 Å². The summed E-state index contributed by atoms with van der Waals surface area (Å²) in [5, 5.41) is 5.02. The molecule has 0 amide bonds. The number of fused-ring (bicyclic) bond motifs is 18. The minimum atomic E-state index is -0.566. The minimum Gasteiger partial charge on any atom is -0.309 e. The molecule has 1 aliphatic heterocycles. The first-order chi connectivity index (χ1) is 26.8. The van der Waals surface area contributed by atoms with Gasteiger partial charge in [-0.05, 0) is 94.5 Å². The smallest absolute Gasteiger partial charge is 0.134 e. The van der Waals surface area contributed by atoms with E-state index in [-0.39, 0.29) is 0 Å². The Morgan fingerprint density at radius 3 is 1.72 bits per heavy atom. The number of hydrogen-bond acceptors (Lipinski definition) is 1. The van der Waals surface area contributed by atoms with Gasteiger partial charge in [0, 0.05) is 32.9 Å². The quantitative estimate of drug-likeness (QED) is 0.178. The predicted molar refractivity (Wildman–Crippen MR) is 221 cm³/mol. The van der Waals surface area contributed by atoms with Gasteiger partial charge in [-0.2, -0.15) is 0 Å². The molecule has 0 radical (unpaired) electrons. The molecular weight excluding hydrogens is 657 g/mol. The lowest BCUT2D eigenvalue weighted by atomic mass is 9.73. The van der Waals surface area contributed by atoms with Crippen molar-refractivity contribution in [3.63, 3.8) is 0 Å². The zero-order valence-corrected chi connectivity index (χ0v) is 29.1.